The first-order chi connectivity index (χ1) is 20.7. The van der Waals surface area contributed by atoms with Crippen LogP contribution in [0.1, 0.15) is 172 Å². The molecule has 0 aliphatic heterocycles. The molecular formula is C43H62Cl3SiTi-. The fourth-order valence-corrected chi connectivity index (χ4v) is 12.2. The van der Waals surface area contributed by atoms with Crippen LogP contribution < -0.4 is 15.6 Å². The van der Waals surface area contributed by atoms with Gasteiger partial charge in [-0.2, -0.15) is 11.3 Å². The van der Waals surface area contributed by atoms with E-state index in [4.69, 9.17) is 0 Å². The van der Waals surface area contributed by atoms with Crippen LogP contribution in [0.3, 0.4) is 0 Å². The molecule has 0 fully saturated rings. The van der Waals surface area contributed by atoms with Gasteiger partial charge in [-0.15, -0.1) is 43.6 Å². The molecule has 0 bridgehead atoms. The van der Waals surface area contributed by atoms with Gasteiger partial charge < -0.3 is 0 Å². The third kappa shape index (κ3) is 9.63. The van der Waals surface area contributed by atoms with Gasteiger partial charge in [-0.1, -0.05) is 167 Å². The van der Waals surface area contributed by atoms with Crippen molar-refractivity contribution in [3.8, 4) is 0 Å². The molecule has 0 unspecified atom stereocenters. The van der Waals surface area contributed by atoms with Crippen molar-refractivity contribution in [2.45, 2.75) is 138 Å². The maximum Gasteiger partial charge on any atom is 0.0994 e. The zero-order chi connectivity index (χ0) is 32.5. The van der Waals surface area contributed by atoms with Crippen LogP contribution in [0.15, 0.2) is 71.4 Å². The molecule has 4 rings (SSSR count). The predicted octanol–water partition coefficient (Wildman–Crippen LogP) is 12.2. The van der Waals surface area contributed by atoms with Crippen molar-refractivity contribution in [3.63, 3.8) is 0 Å². The summed E-state index contributed by atoms with van der Waals surface area (Å²) in [5.74, 6) is 2.78. The van der Waals surface area contributed by atoms with E-state index in [1.807, 2.05) is 0 Å². The molecule has 0 atom stereocenters. The molecule has 0 N–H and O–H groups in total. The van der Waals surface area contributed by atoms with E-state index in [2.05, 4.69) is 157 Å². The van der Waals surface area contributed by atoms with Crippen LogP contribution in [0.2, 0.25) is 0 Å². The fraction of sp³-hybridized carbons (Fsp3) is 0.488. The minimum Gasteiger partial charge on any atom is -0.269 e. The van der Waals surface area contributed by atoms with Crippen molar-refractivity contribution in [1.29, 1.82) is 0 Å². The molecule has 1 aliphatic rings. The summed E-state index contributed by atoms with van der Waals surface area (Å²) in [5.41, 5.74) is 10.2. The molecular weight excluding hydrogens is 699 g/mol. The van der Waals surface area contributed by atoms with Gasteiger partial charge in [0.15, 0.2) is 0 Å². The van der Waals surface area contributed by atoms with Crippen LogP contribution in [0.25, 0.3) is 0 Å². The van der Waals surface area contributed by atoms with Gasteiger partial charge in [-0.3, -0.25) is 6.08 Å². The molecule has 1 aliphatic carbocycles. The van der Waals surface area contributed by atoms with Crippen LogP contribution in [0.5, 0.6) is 0 Å². The standard InChI is InChI=1S/C43H59Si.3ClH.Ti/c1-14-33-16-15-17-43(33)44(40-21-34(27(2)3)18-35(22-40)28(4)5,41-23-36(29(6)7)19-37(24-41)30(8)9)42-25-38(31(10)11)20-39(26-42)32(12)13;;;;/h17-32H,14-15H2,1-13H3;3*1H;/q-1;;;;. The molecule has 48 heavy (non-hydrogen) atoms. The molecule has 0 amide bonds. The van der Waals surface area contributed by atoms with Crippen LogP contribution in [-0.4, -0.2) is 8.07 Å². The summed E-state index contributed by atoms with van der Waals surface area (Å²) >= 11 is 0. The largest absolute Gasteiger partial charge is 0.269 e. The van der Waals surface area contributed by atoms with Crippen LogP contribution in [0, 0.1) is 6.08 Å². The molecule has 0 nitrogen and oxygen atoms in total. The summed E-state index contributed by atoms with van der Waals surface area (Å²) in [6, 6.07) is 23.1. The second kappa shape index (κ2) is 19.5. The second-order valence-electron chi connectivity index (χ2n) is 15.2. The second-order valence-corrected chi connectivity index (χ2v) is 18.9. The van der Waals surface area contributed by atoms with E-state index in [0.717, 1.165) is 12.8 Å². The SMILES string of the molecule is CCC1=[C-]CC=C1[Si](c1cc(C(C)C)cc(C(C)C)c1)(c1cc(C(C)C)cc(C(C)C)c1)c1cc(C(C)C)cc(C(C)C)c1.Cl.Cl.Cl.[Ti]. The topological polar surface area (TPSA) is 0 Å². The summed E-state index contributed by atoms with van der Waals surface area (Å²) in [7, 11) is -2.78. The Bertz CT molecular complexity index is 1310. The number of allylic oxidation sites excluding steroid dienone is 4. The van der Waals surface area contributed by atoms with E-state index in [1.54, 1.807) is 20.8 Å². The van der Waals surface area contributed by atoms with Gasteiger partial charge in [0.2, 0.25) is 0 Å². The molecule has 0 saturated heterocycles. The number of hydrogen-bond donors (Lipinski definition) is 0. The van der Waals surface area contributed by atoms with Crippen molar-refractivity contribution >= 4 is 60.9 Å². The number of benzene rings is 3. The van der Waals surface area contributed by atoms with Gasteiger partial charge in [0.1, 0.15) is 0 Å². The van der Waals surface area contributed by atoms with Gasteiger partial charge in [-0.25, -0.2) is 5.57 Å². The van der Waals surface area contributed by atoms with E-state index in [0.29, 0.717) is 35.5 Å². The third-order valence-corrected chi connectivity index (χ3v) is 14.7. The molecule has 0 spiro atoms. The average molecular weight is 761 g/mol. The zero-order valence-corrected chi connectivity index (χ0v) is 36.9. The maximum atomic E-state index is 3.85. The molecule has 0 saturated carbocycles. The molecule has 0 aromatic heterocycles. The molecule has 3 aromatic rings. The van der Waals surface area contributed by atoms with Crippen molar-refractivity contribution in [3.05, 3.63) is 111 Å². The number of hydrogen-bond acceptors (Lipinski definition) is 0. The predicted molar refractivity (Wildman–Crippen MR) is 220 cm³/mol. The minimum atomic E-state index is -2.78. The van der Waals surface area contributed by atoms with E-state index < -0.39 is 8.07 Å². The fourth-order valence-electron chi connectivity index (χ4n) is 6.84. The van der Waals surface area contributed by atoms with Gasteiger partial charge in [0.25, 0.3) is 0 Å². The van der Waals surface area contributed by atoms with Gasteiger partial charge >= 0.3 is 0 Å². The summed E-state index contributed by atoms with van der Waals surface area (Å²) in [5, 5.41) is 6.19. The van der Waals surface area contributed by atoms with Crippen LogP contribution in [-0.2, 0) is 21.7 Å². The minimum absolute atomic E-state index is 0. The van der Waals surface area contributed by atoms with E-state index in [-0.39, 0.29) is 58.9 Å². The molecule has 264 valence electrons. The van der Waals surface area contributed by atoms with E-state index in [9.17, 15) is 0 Å². The Morgan fingerprint density at radius 3 is 0.938 bits per heavy atom. The smallest absolute Gasteiger partial charge is 0.0994 e. The normalized spacial score (nSPS) is 13.0. The summed E-state index contributed by atoms with van der Waals surface area (Å²) in [6.45, 7) is 30.7. The summed E-state index contributed by atoms with van der Waals surface area (Å²) in [6.07, 6.45) is 8.35. The Balaban J connectivity index is 0.00000552. The van der Waals surface area contributed by atoms with E-state index in [1.165, 1.54) is 39.0 Å². The number of rotatable bonds is 11. The Hall–Kier alpha value is -1.06. The Morgan fingerprint density at radius 1 is 0.479 bits per heavy atom. The van der Waals surface area contributed by atoms with Gasteiger partial charge in [0, 0.05) is 21.7 Å². The molecule has 3 aromatic carbocycles. The maximum absolute atomic E-state index is 3.85. The first-order valence-electron chi connectivity index (χ1n) is 17.5. The first-order valence-corrected chi connectivity index (χ1v) is 19.5. The van der Waals surface area contributed by atoms with Crippen molar-refractivity contribution in [2.24, 2.45) is 0 Å². The van der Waals surface area contributed by atoms with Crippen molar-refractivity contribution in [2.75, 3.05) is 0 Å². The summed E-state index contributed by atoms with van der Waals surface area (Å²) in [4.78, 5) is 0. The zero-order valence-electron chi connectivity index (χ0n) is 31.9. The van der Waals surface area contributed by atoms with Crippen LogP contribution >= 0.6 is 37.2 Å². The van der Waals surface area contributed by atoms with Crippen molar-refractivity contribution in [1.82, 2.24) is 0 Å². The van der Waals surface area contributed by atoms with Gasteiger partial charge in [-0.05, 0) is 68.9 Å². The quantitative estimate of drug-likeness (QED) is 0.104. The van der Waals surface area contributed by atoms with Gasteiger partial charge in [0.05, 0.1) is 8.07 Å². The number of halogens is 3. The Labute approximate surface area is 329 Å². The average Bonchev–Trinajstić information content (AvgIpc) is 3.46. The van der Waals surface area contributed by atoms with Crippen molar-refractivity contribution < 1.29 is 21.7 Å². The monoisotopic (exact) mass is 759 g/mol. The Kier molecular flexibility index (Phi) is 19.1. The Morgan fingerprint density at radius 2 is 0.729 bits per heavy atom. The summed E-state index contributed by atoms with van der Waals surface area (Å²) < 4.78 is 0. The molecule has 0 radical (unpaired) electrons. The van der Waals surface area contributed by atoms with E-state index >= 15 is 0 Å². The molecule has 5 heteroatoms. The molecule has 0 heterocycles. The first kappa shape index (κ1) is 46.9. The van der Waals surface area contributed by atoms with Crippen LogP contribution in [0.4, 0.5) is 0 Å². The third-order valence-electron chi connectivity index (χ3n) is 9.94.